The van der Waals surface area contributed by atoms with Crippen LogP contribution in [0.2, 0.25) is 0 Å². The summed E-state index contributed by atoms with van der Waals surface area (Å²) in [5, 5.41) is 0. The first-order valence-corrected chi connectivity index (χ1v) is 4.92. The molecule has 3 nitrogen and oxygen atoms in total. The minimum Gasteiger partial charge on any atom is -0.391 e. The molecule has 0 aromatic heterocycles. The maximum atomic E-state index is 12.3. The van der Waals surface area contributed by atoms with Crippen LogP contribution in [0.1, 0.15) is 6.92 Å². The van der Waals surface area contributed by atoms with Gasteiger partial charge in [-0.25, -0.2) is 0 Å². The van der Waals surface area contributed by atoms with E-state index < -0.39 is 31.4 Å². The summed E-state index contributed by atoms with van der Waals surface area (Å²) in [6.45, 7) is -0.793. The Morgan fingerprint density at radius 3 is 2.18 bits per heavy atom. The van der Waals surface area contributed by atoms with E-state index in [1.165, 1.54) is 6.92 Å². The first-order valence-electron chi connectivity index (χ1n) is 4.51. The van der Waals surface area contributed by atoms with Crippen LogP contribution in [-0.2, 0) is 9.47 Å². The van der Waals surface area contributed by atoms with Crippen LogP contribution in [0.15, 0.2) is 0 Å². The molecule has 0 aromatic carbocycles. The maximum absolute atomic E-state index is 12.3. The molecule has 17 heavy (non-hydrogen) atoms. The molecule has 9 heteroatoms. The number of hydrogen-bond donors (Lipinski definition) is 1. The van der Waals surface area contributed by atoms with Crippen molar-refractivity contribution in [2.24, 2.45) is 5.73 Å². The van der Waals surface area contributed by atoms with E-state index in [0.29, 0.717) is 0 Å². The minimum atomic E-state index is -5.61. The topological polar surface area (TPSA) is 44.5 Å². The van der Waals surface area contributed by atoms with Crippen molar-refractivity contribution in [1.82, 2.24) is 0 Å². The summed E-state index contributed by atoms with van der Waals surface area (Å²) in [5.41, 5.74) is 5.17. The van der Waals surface area contributed by atoms with Gasteiger partial charge in [-0.2, -0.15) is 22.0 Å². The van der Waals surface area contributed by atoms with Crippen LogP contribution in [0, 0.1) is 0 Å². The first-order chi connectivity index (χ1) is 7.58. The van der Waals surface area contributed by atoms with Crippen LogP contribution in [0.3, 0.4) is 0 Å². The van der Waals surface area contributed by atoms with Gasteiger partial charge in [-0.05, 0) is 6.92 Å². The van der Waals surface area contributed by atoms with Crippen molar-refractivity contribution in [3.05, 3.63) is 0 Å². The van der Waals surface area contributed by atoms with Gasteiger partial charge in [0.25, 0.3) is 0 Å². The van der Waals surface area contributed by atoms with E-state index in [9.17, 15) is 22.0 Å². The summed E-state index contributed by atoms with van der Waals surface area (Å²) >= 11 is 4.55. The molecule has 0 aliphatic heterocycles. The standard InChI is InChI=1S/C8H12F5NO2S/c1-5(6(14)17)16-3-2-15-4-7(9,10)8(11,12)13/h5H,2-4H2,1H3,(H2,14,17). The molecule has 0 rings (SSSR count). The first kappa shape index (κ1) is 16.5. The van der Waals surface area contributed by atoms with E-state index >= 15 is 0 Å². The molecule has 0 heterocycles. The average molecular weight is 281 g/mol. The van der Waals surface area contributed by atoms with Gasteiger partial charge in [0.05, 0.1) is 13.2 Å². The molecule has 1 unspecified atom stereocenters. The van der Waals surface area contributed by atoms with Crippen LogP contribution in [0.4, 0.5) is 22.0 Å². The quantitative estimate of drug-likeness (QED) is 0.440. The molecule has 0 saturated heterocycles. The van der Waals surface area contributed by atoms with Gasteiger partial charge in [0.15, 0.2) is 0 Å². The van der Waals surface area contributed by atoms with Gasteiger partial charge < -0.3 is 15.2 Å². The summed E-state index contributed by atoms with van der Waals surface area (Å²) < 4.78 is 68.7. The highest BCUT2D eigenvalue weighted by atomic mass is 32.1. The maximum Gasteiger partial charge on any atom is 0.455 e. The number of nitrogens with two attached hydrogens (primary N) is 1. The zero-order chi connectivity index (χ0) is 13.7. The van der Waals surface area contributed by atoms with Crippen molar-refractivity contribution in [1.29, 1.82) is 0 Å². The summed E-state index contributed by atoms with van der Waals surface area (Å²) in [4.78, 5) is 0.0608. The van der Waals surface area contributed by atoms with Gasteiger partial charge in [-0.15, -0.1) is 0 Å². The second kappa shape index (κ2) is 6.41. The number of thiocarbonyl (C=S) groups is 1. The third-order valence-electron chi connectivity index (χ3n) is 1.69. The summed E-state index contributed by atoms with van der Waals surface area (Å²) in [7, 11) is 0. The molecule has 0 bridgehead atoms. The number of ether oxygens (including phenoxy) is 2. The fourth-order valence-corrected chi connectivity index (χ4v) is 0.716. The Bertz CT molecular complexity index is 259. The third-order valence-corrected chi connectivity index (χ3v) is 2.03. The highest BCUT2D eigenvalue weighted by Gasteiger charge is 2.57. The summed E-state index contributed by atoms with van der Waals surface area (Å²) in [6.07, 6.45) is -6.20. The van der Waals surface area contributed by atoms with Crippen molar-refractivity contribution in [3.63, 3.8) is 0 Å². The van der Waals surface area contributed by atoms with Gasteiger partial charge >= 0.3 is 12.1 Å². The van der Waals surface area contributed by atoms with Crippen LogP contribution in [0.25, 0.3) is 0 Å². The van der Waals surface area contributed by atoms with E-state index in [4.69, 9.17) is 10.5 Å². The summed E-state index contributed by atoms with van der Waals surface area (Å²) in [5.74, 6) is -4.86. The van der Waals surface area contributed by atoms with Crippen LogP contribution in [0.5, 0.6) is 0 Å². The molecule has 0 saturated carbocycles. The smallest absolute Gasteiger partial charge is 0.391 e. The summed E-state index contributed by atoms with van der Waals surface area (Å²) in [6, 6.07) is 0. The van der Waals surface area contributed by atoms with Crippen LogP contribution in [-0.4, -0.2) is 43.0 Å². The lowest BCUT2D eigenvalue weighted by Gasteiger charge is -2.19. The molecule has 0 aromatic rings. The lowest BCUT2D eigenvalue weighted by molar-refractivity contribution is -0.297. The van der Waals surface area contributed by atoms with Crippen molar-refractivity contribution >= 4 is 17.2 Å². The molecule has 1 atom stereocenters. The molecule has 0 fully saturated rings. The zero-order valence-electron chi connectivity index (χ0n) is 8.89. The Morgan fingerprint density at radius 1 is 1.24 bits per heavy atom. The number of halogens is 5. The SMILES string of the molecule is CC(OCCOCC(F)(F)C(F)(F)F)C(N)=S. The van der Waals surface area contributed by atoms with E-state index in [1.54, 1.807) is 0 Å². The van der Waals surface area contributed by atoms with E-state index in [1.807, 2.05) is 0 Å². The van der Waals surface area contributed by atoms with Gasteiger partial charge in [0.2, 0.25) is 0 Å². The molecular weight excluding hydrogens is 269 g/mol. The molecular formula is C8H12F5NO2S. The highest BCUT2D eigenvalue weighted by molar-refractivity contribution is 7.80. The molecule has 2 N–H and O–H groups in total. The molecule has 0 radical (unpaired) electrons. The van der Waals surface area contributed by atoms with Crippen molar-refractivity contribution < 1.29 is 31.4 Å². The van der Waals surface area contributed by atoms with Gasteiger partial charge in [0, 0.05) is 0 Å². The Morgan fingerprint density at radius 2 is 1.76 bits per heavy atom. The Labute approximate surface area is 100 Å². The molecule has 0 aliphatic carbocycles. The normalized spacial score (nSPS) is 14.7. The van der Waals surface area contributed by atoms with Crippen molar-refractivity contribution in [2.75, 3.05) is 19.8 Å². The Balaban J connectivity index is 3.76. The number of rotatable bonds is 7. The monoisotopic (exact) mass is 281 g/mol. The molecule has 0 aliphatic rings. The van der Waals surface area contributed by atoms with E-state index in [2.05, 4.69) is 17.0 Å². The minimum absolute atomic E-state index is 0.0608. The second-order valence-corrected chi connectivity index (χ2v) is 3.64. The number of hydrogen-bond acceptors (Lipinski definition) is 3. The molecule has 0 amide bonds. The third kappa shape index (κ3) is 6.08. The lowest BCUT2D eigenvalue weighted by Crippen LogP contribution is -2.41. The van der Waals surface area contributed by atoms with E-state index in [-0.39, 0.29) is 11.6 Å². The Kier molecular flexibility index (Phi) is 6.20. The van der Waals surface area contributed by atoms with Crippen molar-refractivity contribution in [3.8, 4) is 0 Å². The largest absolute Gasteiger partial charge is 0.455 e. The van der Waals surface area contributed by atoms with Gasteiger partial charge in [0.1, 0.15) is 17.7 Å². The second-order valence-electron chi connectivity index (χ2n) is 3.17. The highest BCUT2D eigenvalue weighted by Crippen LogP contribution is 2.35. The van der Waals surface area contributed by atoms with Gasteiger partial charge in [-0.1, -0.05) is 12.2 Å². The van der Waals surface area contributed by atoms with Crippen LogP contribution < -0.4 is 5.73 Å². The van der Waals surface area contributed by atoms with Crippen LogP contribution >= 0.6 is 12.2 Å². The predicted octanol–water partition coefficient (Wildman–Crippen LogP) is 1.89. The molecule has 102 valence electrons. The average Bonchev–Trinajstić information content (AvgIpc) is 2.14. The predicted molar refractivity (Wildman–Crippen MR) is 54.0 cm³/mol. The molecule has 0 spiro atoms. The Hall–Kier alpha value is -0.540. The van der Waals surface area contributed by atoms with E-state index in [0.717, 1.165) is 0 Å². The fraction of sp³-hybridized carbons (Fsp3) is 0.875. The fourth-order valence-electron chi connectivity index (χ4n) is 0.648. The number of alkyl halides is 5. The zero-order valence-corrected chi connectivity index (χ0v) is 9.71. The lowest BCUT2D eigenvalue weighted by atomic mass is 10.3. The van der Waals surface area contributed by atoms with Crippen molar-refractivity contribution in [2.45, 2.75) is 25.1 Å². The van der Waals surface area contributed by atoms with Gasteiger partial charge in [-0.3, -0.25) is 0 Å².